The molecule has 1 atom stereocenters. The summed E-state index contributed by atoms with van der Waals surface area (Å²) in [5.41, 5.74) is 1.07. The van der Waals surface area contributed by atoms with Crippen molar-refractivity contribution in [2.45, 2.75) is 32.9 Å². The molecule has 2 N–H and O–H groups in total. The predicted octanol–water partition coefficient (Wildman–Crippen LogP) is 3.04. The molecule has 1 aromatic carbocycles. The van der Waals surface area contributed by atoms with Crippen LogP contribution < -0.4 is 5.32 Å². The second-order valence-corrected chi connectivity index (χ2v) is 5.35. The standard InChI is InChI=1S/C13H18BrNO2/c1-9(2)7-12(13(16)17)15-8-10-5-3-4-6-11(10)14/h3-6,9,12,15H,7-8H2,1-2H3,(H,16,17)/t12-/m0/s1. The zero-order valence-electron chi connectivity index (χ0n) is 10.1. The Kier molecular flexibility index (Phi) is 5.65. The highest BCUT2D eigenvalue weighted by Crippen LogP contribution is 2.16. The number of halogens is 1. The van der Waals surface area contributed by atoms with E-state index < -0.39 is 12.0 Å². The predicted molar refractivity (Wildman–Crippen MR) is 71.9 cm³/mol. The number of hydrogen-bond donors (Lipinski definition) is 2. The Labute approximate surface area is 110 Å². The number of carbonyl (C=O) groups is 1. The van der Waals surface area contributed by atoms with E-state index >= 15 is 0 Å². The van der Waals surface area contributed by atoms with Crippen LogP contribution in [-0.2, 0) is 11.3 Å². The fourth-order valence-corrected chi connectivity index (χ4v) is 2.04. The first-order valence-electron chi connectivity index (χ1n) is 5.70. The zero-order chi connectivity index (χ0) is 12.8. The van der Waals surface area contributed by atoms with Crippen LogP contribution in [0.5, 0.6) is 0 Å². The Morgan fingerprint density at radius 3 is 2.59 bits per heavy atom. The average Bonchev–Trinajstić information content (AvgIpc) is 2.25. The second-order valence-electron chi connectivity index (χ2n) is 4.49. The molecule has 0 unspecified atom stereocenters. The maximum Gasteiger partial charge on any atom is 0.320 e. The van der Waals surface area contributed by atoms with Gasteiger partial charge < -0.3 is 10.4 Å². The number of rotatable bonds is 6. The topological polar surface area (TPSA) is 49.3 Å². The Balaban J connectivity index is 2.58. The van der Waals surface area contributed by atoms with Crippen LogP contribution in [0.15, 0.2) is 28.7 Å². The number of hydrogen-bond acceptors (Lipinski definition) is 2. The Morgan fingerprint density at radius 2 is 2.06 bits per heavy atom. The third kappa shape index (κ3) is 4.88. The lowest BCUT2D eigenvalue weighted by Gasteiger charge is -2.16. The molecule has 0 aromatic heterocycles. The van der Waals surface area contributed by atoms with Crippen molar-refractivity contribution in [3.63, 3.8) is 0 Å². The van der Waals surface area contributed by atoms with Crippen LogP contribution in [-0.4, -0.2) is 17.1 Å². The molecule has 0 aliphatic rings. The van der Waals surface area contributed by atoms with E-state index in [0.29, 0.717) is 18.9 Å². The molecular weight excluding hydrogens is 282 g/mol. The van der Waals surface area contributed by atoms with Gasteiger partial charge in [-0.25, -0.2) is 0 Å². The average molecular weight is 300 g/mol. The van der Waals surface area contributed by atoms with Gasteiger partial charge in [-0.05, 0) is 24.0 Å². The summed E-state index contributed by atoms with van der Waals surface area (Å²) in [6, 6.07) is 7.33. The minimum atomic E-state index is -0.786. The summed E-state index contributed by atoms with van der Waals surface area (Å²) < 4.78 is 1.00. The highest BCUT2D eigenvalue weighted by Gasteiger charge is 2.18. The first kappa shape index (κ1) is 14.2. The van der Waals surface area contributed by atoms with Crippen LogP contribution in [0.4, 0.5) is 0 Å². The molecule has 0 radical (unpaired) electrons. The molecule has 0 bridgehead atoms. The number of nitrogens with one attached hydrogen (secondary N) is 1. The van der Waals surface area contributed by atoms with Crippen molar-refractivity contribution in [1.82, 2.24) is 5.32 Å². The molecule has 94 valence electrons. The fraction of sp³-hybridized carbons (Fsp3) is 0.462. The van der Waals surface area contributed by atoms with E-state index in [2.05, 4.69) is 21.2 Å². The van der Waals surface area contributed by atoms with Crippen LogP contribution in [0.1, 0.15) is 25.8 Å². The van der Waals surface area contributed by atoms with Gasteiger partial charge in [0.15, 0.2) is 0 Å². The van der Waals surface area contributed by atoms with Gasteiger partial charge >= 0.3 is 5.97 Å². The monoisotopic (exact) mass is 299 g/mol. The number of benzene rings is 1. The van der Waals surface area contributed by atoms with E-state index in [1.807, 2.05) is 38.1 Å². The highest BCUT2D eigenvalue weighted by atomic mass is 79.9. The van der Waals surface area contributed by atoms with Gasteiger partial charge in [0.2, 0.25) is 0 Å². The smallest absolute Gasteiger partial charge is 0.320 e. The first-order valence-corrected chi connectivity index (χ1v) is 6.49. The van der Waals surface area contributed by atoms with Gasteiger partial charge in [-0.15, -0.1) is 0 Å². The van der Waals surface area contributed by atoms with E-state index in [4.69, 9.17) is 5.11 Å². The summed E-state index contributed by atoms with van der Waals surface area (Å²) in [7, 11) is 0. The van der Waals surface area contributed by atoms with E-state index in [1.54, 1.807) is 0 Å². The second kappa shape index (κ2) is 6.77. The third-order valence-corrected chi connectivity index (χ3v) is 3.28. The molecule has 0 aliphatic heterocycles. The fourth-order valence-electron chi connectivity index (χ4n) is 1.62. The SMILES string of the molecule is CC(C)C[C@H](NCc1ccccc1Br)C(=O)O. The van der Waals surface area contributed by atoms with Crippen LogP contribution in [0.25, 0.3) is 0 Å². The van der Waals surface area contributed by atoms with Crippen molar-refractivity contribution in [2.24, 2.45) is 5.92 Å². The van der Waals surface area contributed by atoms with Crippen LogP contribution >= 0.6 is 15.9 Å². The van der Waals surface area contributed by atoms with Gasteiger partial charge in [-0.3, -0.25) is 4.79 Å². The Bertz CT molecular complexity index is 379. The van der Waals surface area contributed by atoms with Gasteiger partial charge in [0.05, 0.1) is 0 Å². The molecule has 1 rings (SSSR count). The Morgan fingerprint density at radius 1 is 1.41 bits per heavy atom. The van der Waals surface area contributed by atoms with Gasteiger partial charge in [0, 0.05) is 11.0 Å². The molecule has 17 heavy (non-hydrogen) atoms. The maximum atomic E-state index is 11.1. The van der Waals surface area contributed by atoms with Gasteiger partial charge in [0.1, 0.15) is 6.04 Å². The number of carboxylic acid groups (broad SMARTS) is 1. The Hall–Kier alpha value is -0.870. The summed E-state index contributed by atoms with van der Waals surface area (Å²) in [5, 5.41) is 12.2. The van der Waals surface area contributed by atoms with E-state index in [0.717, 1.165) is 10.0 Å². The van der Waals surface area contributed by atoms with Crippen LogP contribution in [0, 0.1) is 5.92 Å². The van der Waals surface area contributed by atoms with Gasteiger partial charge in [-0.1, -0.05) is 48.0 Å². The molecule has 0 saturated carbocycles. The lowest BCUT2D eigenvalue weighted by molar-refractivity contribution is -0.140. The number of carboxylic acids is 1. The lowest BCUT2D eigenvalue weighted by Crippen LogP contribution is -2.37. The molecule has 0 spiro atoms. The maximum absolute atomic E-state index is 11.1. The van der Waals surface area contributed by atoms with Crippen molar-refractivity contribution in [3.8, 4) is 0 Å². The first-order chi connectivity index (χ1) is 8.00. The largest absolute Gasteiger partial charge is 0.480 e. The van der Waals surface area contributed by atoms with Crippen LogP contribution in [0.3, 0.4) is 0 Å². The third-order valence-electron chi connectivity index (χ3n) is 2.50. The van der Waals surface area contributed by atoms with Gasteiger partial charge in [0.25, 0.3) is 0 Å². The van der Waals surface area contributed by atoms with E-state index in [9.17, 15) is 4.79 Å². The summed E-state index contributed by atoms with van der Waals surface area (Å²) in [5.74, 6) is -0.423. The molecule has 3 nitrogen and oxygen atoms in total. The lowest BCUT2D eigenvalue weighted by atomic mass is 10.0. The normalized spacial score (nSPS) is 12.7. The summed E-state index contributed by atoms with van der Waals surface area (Å²) >= 11 is 3.45. The van der Waals surface area contributed by atoms with Crippen LogP contribution in [0.2, 0.25) is 0 Å². The van der Waals surface area contributed by atoms with E-state index in [1.165, 1.54) is 0 Å². The van der Waals surface area contributed by atoms with Crippen molar-refractivity contribution in [1.29, 1.82) is 0 Å². The molecule has 1 aromatic rings. The molecule has 0 heterocycles. The molecule has 0 amide bonds. The minimum Gasteiger partial charge on any atom is -0.480 e. The van der Waals surface area contributed by atoms with Gasteiger partial charge in [-0.2, -0.15) is 0 Å². The molecule has 0 fully saturated rings. The van der Waals surface area contributed by atoms with Crippen molar-refractivity contribution in [3.05, 3.63) is 34.3 Å². The quantitative estimate of drug-likeness (QED) is 0.849. The molecule has 0 saturated heterocycles. The summed E-state index contributed by atoms with van der Waals surface area (Å²) in [4.78, 5) is 11.1. The molecule has 0 aliphatic carbocycles. The van der Waals surface area contributed by atoms with Crippen molar-refractivity contribution >= 4 is 21.9 Å². The van der Waals surface area contributed by atoms with E-state index in [-0.39, 0.29) is 0 Å². The zero-order valence-corrected chi connectivity index (χ0v) is 11.7. The molecule has 4 heteroatoms. The van der Waals surface area contributed by atoms with Crippen molar-refractivity contribution < 1.29 is 9.90 Å². The minimum absolute atomic E-state index is 0.364. The summed E-state index contributed by atoms with van der Waals surface area (Å²) in [6.45, 7) is 4.61. The summed E-state index contributed by atoms with van der Waals surface area (Å²) in [6.07, 6.45) is 0.639. The van der Waals surface area contributed by atoms with Crippen molar-refractivity contribution in [2.75, 3.05) is 0 Å². The highest BCUT2D eigenvalue weighted by molar-refractivity contribution is 9.10. The number of aliphatic carboxylic acids is 1. The molecular formula is C13H18BrNO2.